The molecule has 0 aliphatic carbocycles. The van der Waals surface area contributed by atoms with E-state index in [-0.39, 0.29) is 35.1 Å². The van der Waals surface area contributed by atoms with Crippen LogP contribution in [0.2, 0.25) is 0 Å². The number of rotatable bonds is 4. The molecular formula is C29H26F6N4O2. The molecule has 0 saturated carbocycles. The summed E-state index contributed by atoms with van der Waals surface area (Å²) in [5.41, 5.74) is -0.0213. The van der Waals surface area contributed by atoms with Crippen molar-refractivity contribution in [3.63, 3.8) is 0 Å². The van der Waals surface area contributed by atoms with Crippen LogP contribution in [0.4, 0.5) is 43.4 Å². The third kappa shape index (κ3) is 5.55. The molecule has 0 amide bonds. The highest BCUT2D eigenvalue weighted by Crippen LogP contribution is 2.43. The molecule has 1 fully saturated rings. The molecule has 0 bridgehead atoms. The number of halogens is 6. The Labute approximate surface area is 232 Å². The van der Waals surface area contributed by atoms with Gasteiger partial charge in [0, 0.05) is 43.1 Å². The molecule has 12 heteroatoms. The molecule has 1 unspecified atom stereocenters. The highest BCUT2D eigenvalue weighted by Gasteiger charge is 2.40. The first kappa shape index (κ1) is 28.3. The lowest BCUT2D eigenvalue weighted by molar-refractivity contribution is -0.141. The van der Waals surface area contributed by atoms with E-state index < -0.39 is 35.4 Å². The van der Waals surface area contributed by atoms with Crippen molar-refractivity contribution in [3.8, 4) is 0 Å². The van der Waals surface area contributed by atoms with Crippen LogP contribution in [0.15, 0.2) is 59.6 Å². The van der Waals surface area contributed by atoms with Gasteiger partial charge >= 0.3 is 12.1 Å². The van der Waals surface area contributed by atoms with E-state index >= 15 is 4.39 Å². The molecule has 0 spiro atoms. The standard InChI is InChI=1S/C29H26F6N4O2/c1-17-14-18(6-8-22(17)30)37-10-12-38(13-11-37)28-36-27-20(4-3-5-24(27)32)25(16-26(40)41-2)39(28)19-7-9-23(31)21(15-19)29(33,34)35/h3-9,14-15,25H,10-13,16H2,1-2H3. The van der Waals surface area contributed by atoms with E-state index in [9.17, 15) is 26.7 Å². The number of alkyl halides is 3. The number of hydrogen-bond acceptors (Lipinski definition) is 6. The summed E-state index contributed by atoms with van der Waals surface area (Å²) in [6.45, 7) is 3.21. The van der Waals surface area contributed by atoms with Gasteiger partial charge in [-0.2, -0.15) is 13.2 Å². The number of nitrogens with zero attached hydrogens (tertiary/aromatic N) is 4. The van der Waals surface area contributed by atoms with Crippen LogP contribution in [-0.2, 0) is 15.7 Å². The SMILES string of the molecule is COC(=O)CC1c2cccc(F)c2N=C(N2CCN(c3ccc(F)c(C)c3)CC2)N1c1ccc(F)c(C(F)(F)F)c1. The number of hydrogen-bond donors (Lipinski definition) is 0. The lowest BCUT2D eigenvalue weighted by Gasteiger charge is -2.45. The summed E-state index contributed by atoms with van der Waals surface area (Å²) in [4.78, 5) is 22.3. The molecule has 2 aliphatic heterocycles. The van der Waals surface area contributed by atoms with E-state index in [0.717, 1.165) is 5.69 Å². The van der Waals surface area contributed by atoms with Crippen LogP contribution >= 0.6 is 0 Å². The van der Waals surface area contributed by atoms with Gasteiger partial charge in [0.05, 0.1) is 25.1 Å². The van der Waals surface area contributed by atoms with Crippen molar-refractivity contribution in [1.82, 2.24) is 4.90 Å². The van der Waals surface area contributed by atoms with Crippen molar-refractivity contribution in [2.75, 3.05) is 43.1 Å². The van der Waals surface area contributed by atoms with Crippen LogP contribution in [0.3, 0.4) is 0 Å². The minimum absolute atomic E-state index is 0.0394. The maximum absolute atomic E-state index is 15.1. The summed E-state index contributed by atoms with van der Waals surface area (Å²) >= 11 is 0. The average Bonchev–Trinajstić information content (AvgIpc) is 2.94. The molecule has 0 N–H and O–H groups in total. The topological polar surface area (TPSA) is 48.4 Å². The molecule has 6 nitrogen and oxygen atoms in total. The second-order valence-corrected chi connectivity index (χ2v) is 9.83. The van der Waals surface area contributed by atoms with Crippen molar-refractivity contribution in [2.45, 2.75) is 25.6 Å². The maximum atomic E-state index is 15.1. The molecule has 2 aliphatic rings. The number of fused-ring (bicyclic) bond motifs is 1. The minimum Gasteiger partial charge on any atom is -0.469 e. The first-order valence-corrected chi connectivity index (χ1v) is 12.8. The lowest BCUT2D eigenvalue weighted by atomic mass is 9.96. The van der Waals surface area contributed by atoms with Gasteiger partial charge in [-0.25, -0.2) is 18.2 Å². The average molecular weight is 577 g/mol. The number of methoxy groups -OCH3 is 1. The van der Waals surface area contributed by atoms with E-state index in [1.54, 1.807) is 30.0 Å². The molecule has 0 aromatic heterocycles. The molecule has 0 radical (unpaired) electrons. The van der Waals surface area contributed by atoms with Gasteiger partial charge in [-0.05, 0) is 55.0 Å². The van der Waals surface area contributed by atoms with E-state index in [0.29, 0.717) is 43.9 Å². The zero-order valence-electron chi connectivity index (χ0n) is 22.2. The van der Waals surface area contributed by atoms with Crippen LogP contribution in [-0.4, -0.2) is 50.1 Å². The predicted molar refractivity (Wildman–Crippen MR) is 142 cm³/mol. The fourth-order valence-electron chi connectivity index (χ4n) is 5.18. The summed E-state index contributed by atoms with van der Waals surface area (Å²) in [6, 6.07) is 10.5. The zero-order valence-corrected chi connectivity index (χ0v) is 22.2. The monoisotopic (exact) mass is 576 g/mol. The van der Waals surface area contributed by atoms with Gasteiger partial charge in [0.2, 0.25) is 5.96 Å². The molecule has 2 heterocycles. The lowest BCUT2D eigenvalue weighted by Crippen LogP contribution is -2.55. The van der Waals surface area contributed by atoms with Crippen LogP contribution in [0.1, 0.15) is 29.2 Å². The number of carbonyl (C=O) groups is 1. The number of guanidine groups is 1. The summed E-state index contributed by atoms with van der Waals surface area (Å²) in [5, 5.41) is 0. The van der Waals surface area contributed by atoms with Gasteiger partial charge in [0.1, 0.15) is 23.1 Å². The van der Waals surface area contributed by atoms with Gasteiger partial charge in [-0.1, -0.05) is 12.1 Å². The van der Waals surface area contributed by atoms with Gasteiger partial charge in [0.15, 0.2) is 0 Å². The highest BCUT2D eigenvalue weighted by molar-refractivity contribution is 6.01. The minimum atomic E-state index is -4.98. The second-order valence-electron chi connectivity index (χ2n) is 9.83. The molecule has 1 atom stereocenters. The Morgan fingerprint density at radius 3 is 2.22 bits per heavy atom. The maximum Gasteiger partial charge on any atom is 0.419 e. The Morgan fingerprint density at radius 1 is 0.902 bits per heavy atom. The summed E-state index contributed by atoms with van der Waals surface area (Å²) in [5.74, 6) is -2.99. The van der Waals surface area contributed by atoms with Crippen molar-refractivity contribution in [3.05, 3.63) is 88.7 Å². The molecule has 3 aromatic rings. The number of aryl methyl sites for hydroxylation is 1. The van der Waals surface area contributed by atoms with Crippen LogP contribution in [0.5, 0.6) is 0 Å². The molecule has 41 heavy (non-hydrogen) atoms. The van der Waals surface area contributed by atoms with Gasteiger partial charge in [-0.3, -0.25) is 4.79 Å². The summed E-state index contributed by atoms with van der Waals surface area (Å²) in [7, 11) is 1.17. The summed E-state index contributed by atoms with van der Waals surface area (Å²) in [6.07, 6.45) is -5.31. The van der Waals surface area contributed by atoms with Crippen molar-refractivity contribution >= 4 is 29.0 Å². The normalized spacial score (nSPS) is 17.3. The van der Waals surface area contributed by atoms with Gasteiger partial charge in [0.25, 0.3) is 0 Å². The van der Waals surface area contributed by atoms with E-state index in [4.69, 9.17) is 4.74 Å². The Hall–Kier alpha value is -4.22. The number of aliphatic imine (C=N–C) groups is 1. The first-order chi connectivity index (χ1) is 19.5. The Balaban J connectivity index is 1.58. The van der Waals surface area contributed by atoms with E-state index in [1.807, 2.05) is 4.90 Å². The number of ether oxygens (including phenoxy) is 1. The summed E-state index contributed by atoms with van der Waals surface area (Å²) < 4.78 is 89.1. The largest absolute Gasteiger partial charge is 0.469 e. The zero-order chi connectivity index (χ0) is 29.5. The number of anilines is 2. The number of esters is 1. The third-order valence-electron chi connectivity index (χ3n) is 7.31. The van der Waals surface area contributed by atoms with Crippen molar-refractivity contribution < 1.29 is 35.9 Å². The Kier molecular flexibility index (Phi) is 7.58. The number of para-hydroxylation sites is 1. The Morgan fingerprint density at radius 2 is 1.56 bits per heavy atom. The predicted octanol–water partition coefficient (Wildman–Crippen LogP) is 6.37. The smallest absolute Gasteiger partial charge is 0.419 e. The van der Waals surface area contributed by atoms with Gasteiger partial charge in [-0.15, -0.1) is 0 Å². The quantitative estimate of drug-likeness (QED) is 0.267. The molecule has 5 rings (SSSR count). The first-order valence-electron chi connectivity index (χ1n) is 12.8. The number of carbonyl (C=O) groups excluding carboxylic acids is 1. The van der Waals surface area contributed by atoms with Gasteiger partial charge < -0.3 is 19.4 Å². The molecule has 3 aromatic carbocycles. The fraction of sp³-hybridized carbons (Fsp3) is 0.310. The third-order valence-corrected chi connectivity index (χ3v) is 7.31. The number of benzene rings is 3. The fourth-order valence-corrected chi connectivity index (χ4v) is 5.18. The highest BCUT2D eigenvalue weighted by atomic mass is 19.4. The van der Waals surface area contributed by atoms with Crippen molar-refractivity contribution in [2.24, 2.45) is 4.99 Å². The Bertz CT molecular complexity index is 1500. The van der Waals surface area contributed by atoms with Crippen molar-refractivity contribution in [1.29, 1.82) is 0 Å². The van der Waals surface area contributed by atoms with Crippen LogP contribution < -0.4 is 9.80 Å². The molecular weight excluding hydrogens is 550 g/mol. The second kappa shape index (κ2) is 11.0. The molecule has 1 saturated heterocycles. The van der Waals surface area contributed by atoms with E-state index in [1.165, 1.54) is 36.3 Å². The molecule has 216 valence electrons. The van der Waals surface area contributed by atoms with Crippen LogP contribution in [0.25, 0.3) is 0 Å². The van der Waals surface area contributed by atoms with E-state index in [2.05, 4.69) is 4.99 Å². The number of piperazine rings is 1. The van der Waals surface area contributed by atoms with Crippen LogP contribution in [0, 0.1) is 24.4 Å².